The van der Waals surface area contributed by atoms with Crippen LogP contribution in [0.15, 0.2) is 4.99 Å². The summed E-state index contributed by atoms with van der Waals surface area (Å²) in [6.07, 6.45) is 0.495. The number of carbonyl (C=O) groups is 3. The van der Waals surface area contributed by atoms with Gasteiger partial charge in [-0.15, -0.1) is 0 Å². The number of aliphatic hydroxyl groups is 1. The van der Waals surface area contributed by atoms with E-state index in [0.717, 1.165) is 0 Å². The minimum absolute atomic E-state index is 0.108. The lowest BCUT2D eigenvalue weighted by Crippen LogP contribution is -2.55. The van der Waals surface area contributed by atoms with E-state index in [-0.39, 0.29) is 24.7 Å². The molecule has 0 aromatic carbocycles. The normalized spacial score (nSPS) is 14.1. The Morgan fingerprint density at radius 1 is 1.12 bits per heavy atom. The summed E-state index contributed by atoms with van der Waals surface area (Å²) in [5.74, 6) is -2.93. The predicted molar refractivity (Wildman–Crippen MR) is 90.3 cm³/mol. The number of aliphatic imine (C=N–C) groups is 1. The number of aliphatic carboxylic acids is 1. The van der Waals surface area contributed by atoms with Crippen LogP contribution in [-0.2, 0) is 14.4 Å². The van der Waals surface area contributed by atoms with E-state index in [1.165, 1.54) is 0 Å². The Hall–Kier alpha value is -2.05. The summed E-state index contributed by atoms with van der Waals surface area (Å²) >= 11 is 3.84. The molecule has 0 heterocycles. The van der Waals surface area contributed by atoms with Crippen LogP contribution in [-0.4, -0.2) is 71.0 Å². The predicted octanol–water partition coefficient (Wildman–Crippen LogP) is -3.66. The number of amides is 2. The maximum atomic E-state index is 12.2. The first-order chi connectivity index (χ1) is 11.2. The number of nitrogens with two attached hydrogens (primary N) is 3. The summed E-state index contributed by atoms with van der Waals surface area (Å²) in [6, 6.07) is -3.45. The van der Waals surface area contributed by atoms with Crippen LogP contribution in [0.2, 0.25) is 0 Å². The number of hydrogen-bond donors (Lipinski definition) is 8. The number of carboxylic acids is 1. The lowest BCUT2D eigenvalue weighted by molar-refractivity contribution is -0.141. The Morgan fingerprint density at radius 2 is 1.71 bits per heavy atom. The van der Waals surface area contributed by atoms with Crippen LogP contribution >= 0.6 is 12.6 Å². The Balaban J connectivity index is 4.88. The van der Waals surface area contributed by atoms with Gasteiger partial charge in [0.2, 0.25) is 11.8 Å². The van der Waals surface area contributed by atoms with Crippen molar-refractivity contribution in [3.8, 4) is 0 Å². The highest BCUT2D eigenvalue weighted by atomic mass is 32.1. The number of aliphatic hydroxyl groups excluding tert-OH is 1. The molecule has 0 aromatic heterocycles. The fourth-order valence-electron chi connectivity index (χ4n) is 1.59. The van der Waals surface area contributed by atoms with Crippen molar-refractivity contribution in [3.63, 3.8) is 0 Å². The van der Waals surface area contributed by atoms with Gasteiger partial charge in [-0.05, 0) is 12.8 Å². The zero-order valence-electron chi connectivity index (χ0n) is 13.0. The molecule has 0 fully saturated rings. The Labute approximate surface area is 144 Å². The van der Waals surface area contributed by atoms with Gasteiger partial charge in [-0.1, -0.05) is 0 Å². The summed E-state index contributed by atoms with van der Waals surface area (Å²) < 4.78 is 0. The highest BCUT2D eigenvalue weighted by Gasteiger charge is 2.26. The van der Waals surface area contributed by atoms with E-state index in [4.69, 9.17) is 27.4 Å². The van der Waals surface area contributed by atoms with Crippen LogP contribution in [0, 0.1) is 0 Å². The van der Waals surface area contributed by atoms with Gasteiger partial charge in [-0.2, -0.15) is 12.6 Å². The molecule has 0 spiro atoms. The molecule has 10 N–H and O–H groups in total. The van der Waals surface area contributed by atoms with Gasteiger partial charge in [0.05, 0.1) is 6.61 Å². The molecule has 138 valence electrons. The van der Waals surface area contributed by atoms with Gasteiger partial charge in [0.25, 0.3) is 0 Å². The third-order valence-corrected chi connectivity index (χ3v) is 3.27. The molecule has 0 rings (SSSR count). The average molecular weight is 364 g/mol. The topological polar surface area (TPSA) is 206 Å². The van der Waals surface area contributed by atoms with E-state index >= 15 is 0 Å². The third kappa shape index (κ3) is 8.55. The van der Waals surface area contributed by atoms with Crippen molar-refractivity contribution in [1.29, 1.82) is 0 Å². The van der Waals surface area contributed by atoms with Crippen LogP contribution in [0.5, 0.6) is 0 Å². The fourth-order valence-corrected chi connectivity index (χ4v) is 1.84. The van der Waals surface area contributed by atoms with Gasteiger partial charge >= 0.3 is 5.97 Å². The van der Waals surface area contributed by atoms with E-state index in [9.17, 15) is 14.4 Å². The third-order valence-electron chi connectivity index (χ3n) is 2.91. The van der Waals surface area contributed by atoms with Crippen LogP contribution < -0.4 is 27.8 Å². The SMILES string of the molecule is NC(N)=NCCCC(NC(=O)C(N)CO)C(=O)NC(CS)C(=O)O. The minimum atomic E-state index is -1.25. The zero-order chi connectivity index (χ0) is 18.7. The highest BCUT2D eigenvalue weighted by Crippen LogP contribution is 2.01. The Bertz CT molecular complexity index is 471. The molecule has 2 amide bonds. The molecule has 0 aliphatic carbocycles. The lowest BCUT2D eigenvalue weighted by Gasteiger charge is -2.21. The van der Waals surface area contributed by atoms with Crippen molar-refractivity contribution in [2.45, 2.75) is 31.0 Å². The molecule has 24 heavy (non-hydrogen) atoms. The number of rotatable bonds is 11. The molecule has 11 nitrogen and oxygen atoms in total. The first-order valence-electron chi connectivity index (χ1n) is 7.09. The van der Waals surface area contributed by atoms with E-state index < -0.39 is 42.5 Å². The van der Waals surface area contributed by atoms with Crippen molar-refractivity contribution in [1.82, 2.24) is 10.6 Å². The van der Waals surface area contributed by atoms with Gasteiger partial charge in [-0.3, -0.25) is 14.6 Å². The van der Waals surface area contributed by atoms with Crippen molar-refractivity contribution in [3.05, 3.63) is 0 Å². The smallest absolute Gasteiger partial charge is 0.327 e. The summed E-state index contributed by atoms with van der Waals surface area (Å²) in [7, 11) is 0. The van der Waals surface area contributed by atoms with Crippen molar-refractivity contribution >= 4 is 36.4 Å². The second-order valence-corrected chi connectivity index (χ2v) is 5.25. The van der Waals surface area contributed by atoms with Gasteiger partial charge in [0.1, 0.15) is 18.1 Å². The first-order valence-corrected chi connectivity index (χ1v) is 7.72. The second-order valence-electron chi connectivity index (χ2n) is 4.88. The van der Waals surface area contributed by atoms with Crippen LogP contribution in [0.25, 0.3) is 0 Å². The van der Waals surface area contributed by atoms with Crippen molar-refractivity contribution in [2.24, 2.45) is 22.2 Å². The number of nitrogens with one attached hydrogen (secondary N) is 2. The molecule has 12 heteroatoms. The zero-order valence-corrected chi connectivity index (χ0v) is 13.9. The van der Waals surface area contributed by atoms with Crippen LogP contribution in [0.4, 0.5) is 0 Å². The number of carbonyl (C=O) groups excluding carboxylic acids is 2. The molecule has 0 saturated heterocycles. The molecular weight excluding hydrogens is 340 g/mol. The van der Waals surface area contributed by atoms with Crippen LogP contribution in [0.1, 0.15) is 12.8 Å². The monoisotopic (exact) mass is 364 g/mol. The highest BCUT2D eigenvalue weighted by molar-refractivity contribution is 7.80. The maximum absolute atomic E-state index is 12.2. The van der Waals surface area contributed by atoms with Gasteiger partial charge in [0, 0.05) is 12.3 Å². The van der Waals surface area contributed by atoms with Crippen molar-refractivity contribution in [2.75, 3.05) is 18.9 Å². The number of guanidine groups is 1. The van der Waals surface area contributed by atoms with Gasteiger partial charge < -0.3 is 38.0 Å². The van der Waals surface area contributed by atoms with E-state index in [2.05, 4.69) is 28.3 Å². The van der Waals surface area contributed by atoms with E-state index in [1.54, 1.807) is 0 Å². The summed E-state index contributed by atoms with van der Waals surface area (Å²) in [4.78, 5) is 38.6. The molecule has 3 atom stereocenters. The average Bonchev–Trinajstić information content (AvgIpc) is 2.53. The molecule has 0 aliphatic heterocycles. The maximum Gasteiger partial charge on any atom is 0.327 e. The quantitative estimate of drug-likeness (QED) is 0.0791. The standard InChI is InChI=1S/C12H24N6O5S/c13-6(4-19)9(20)17-7(2-1-3-16-12(14)15)10(21)18-8(5-24)11(22)23/h6-8,19,24H,1-5,13H2,(H,17,20)(H,18,21)(H,22,23)(H4,14,15,16). The fraction of sp³-hybridized carbons (Fsp3) is 0.667. The molecule has 0 aromatic rings. The van der Waals surface area contributed by atoms with Crippen molar-refractivity contribution < 1.29 is 24.6 Å². The summed E-state index contributed by atoms with van der Waals surface area (Å²) in [5, 5.41) is 22.4. The minimum Gasteiger partial charge on any atom is -0.480 e. The van der Waals surface area contributed by atoms with E-state index in [1.807, 2.05) is 0 Å². The first kappa shape index (κ1) is 21.9. The summed E-state index contributed by atoms with van der Waals surface area (Å²) in [6.45, 7) is -0.370. The lowest BCUT2D eigenvalue weighted by atomic mass is 10.1. The largest absolute Gasteiger partial charge is 0.480 e. The molecule has 0 saturated carbocycles. The Kier molecular flexibility index (Phi) is 10.5. The van der Waals surface area contributed by atoms with Gasteiger partial charge in [-0.25, -0.2) is 4.79 Å². The number of carboxylic acid groups (broad SMARTS) is 1. The summed E-state index contributed by atoms with van der Waals surface area (Å²) in [5.41, 5.74) is 15.8. The Morgan fingerprint density at radius 3 is 2.17 bits per heavy atom. The number of nitrogens with zero attached hydrogens (tertiary/aromatic N) is 1. The molecule has 0 bridgehead atoms. The molecular formula is C12H24N6O5S. The second kappa shape index (κ2) is 11.5. The molecule has 3 unspecified atom stereocenters. The van der Waals surface area contributed by atoms with Gasteiger partial charge in [0.15, 0.2) is 5.96 Å². The van der Waals surface area contributed by atoms with Crippen LogP contribution in [0.3, 0.4) is 0 Å². The molecule has 0 aliphatic rings. The number of thiol groups is 1. The van der Waals surface area contributed by atoms with E-state index in [0.29, 0.717) is 6.42 Å². The molecule has 0 radical (unpaired) electrons. The number of hydrogen-bond acceptors (Lipinski definition) is 7.